The number of rotatable bonds is 13. The van der Waals surface area contributed by atoms with Gasteiger partial charge in [-0.2, -0.15) is 5.10 Å². The van der Waals surface area contributed by atoms with Crippen LogP contribution in [0, 0.1) is 6.92 Å². The summed E-state index contributed by atoms with van der Waals surface area (Å²) in [6.45, 7) is 7.49. The van der Waals surface area contributed by atoms with Crippen LogP contribution >= 0.6 is 0 Å². The van der Waals surface area contributed by atoms with Crippen LogP contribution in [-0.4, -0.2) is 52.3 Å². The summed E-state index contributed by atoms with van der Waals surface area (Å²) in [5.74, 6) is 2.61. The highest BCUT2D eigenvalue weighted by atomic mass is 16.5. The van der Waals surface area contributed by atoms with Gasteiger partial charge in [0.2, 0.25) is 5.88 Å². The number of para-hydroxylation sites is 3. The monoisotopic (exact) mass is 505 g/mol. The molecule has 2 aromatic carbocycles. The van der Waals surface area contributed by atoms with E-state index in [1.54, 1.807) is 18.1 Å². The normalized spacial score (nSPS) is 12.3. The van der Waals surface area contributed by atoms with Gasteiger partial charge in [0.1, 0.15) is 5.76 Å². The molecule has 0 saturated carbocycles. The number of aromatic nitrogens is 2. The fourth-order valence-corrected chi connectivity index (χ4v) is 4.06. The van der Waals surface area contributed by atoms with Gasteiger partial charge in [0.05, 0.1) is 55.7 Å². The van der Waals surface area contributed by atoms with E-state index in [1.165, 1.54) is 0 Å². The maximum atomic E-state index is 10.7. The Hall–Kier alpha value is -3.59. The SMILES string of the molecule is COc1ccccc1Oc1c(CN(Cc2ccco2)C[C@H](O)COC(C)C)c(C)nn1-c1ccccc1. The molecular formula is C29H35N3O5. The van der Waals surface area contributed by atoms with Crippen molar-refractivity contribution >= 4 is 0 Å². The molecule has 0 aliphatic heterocycles. The van der Waals surface area contributed by atoms with Gasteiger partial charge in [-0.15, -0.1) is 0 Å². The standard InChI is InChI=1S/C29H35N3O5/c1-21(2)36-20-24(33)17-31(18-25-13-10-16-35-25)19-26-22(3)30-32(23-11-6-5-7-12-23)29(26)37-28-15-9-8-14-27(28)34-4/h5-16,21,24,33H,17-20H2,1-4H3/t24-/m0/s1. The van der Waals surface area contributed by atoms with Crippen LogP contribution in [-0.2, 0) is 17.8 Å². The zero-order valence-corrected chi connectivity index (χ0v) is 21.8. The molecule has 4 aromatic rings. The number of ether oxygens (including phenoxy) is 3. The van der Waals surface area contributed by atoms with Crippen molar-refractivity contribution < 1.29 is 23.7 Å². The lowest BCUT2D eigenvalue weighted by Crippen LogP contribution is -2.35. The van der Waals surface area contributed by atoms with Crippen LogP contribution in [0.25, 0.3) is 5.69 Å². The summed E-state index contributed by atoms with van der Waals surface area (Å²) in [4.78, 5) is 2.11. The van der Waals surface area contributed by atoms with Crippen LogP contribution in [0.2, 0.25) is 0 Å². The Bertz CT molecular complexity index is 1240. The summed E-state index contributed by atoms with van der Waals surface area (Å²) in [7, 11) is 1.62. The van der Waals surface area contributed by atoms with Crippen LogP contribution < -0.4 is 9.47 Å². The molecule has 0 radical (unpaired) electrons. The number of aryl methyl sites for hydroxylation is 1. The maximum Gasteiger partial charge on any atom is 0.227 e. The second kappa shape index (κ2) is 12.6. The number of hydrogen-bond acceptors (Lipinski definition) is 7. The fourth-order valence-electron chi connectivity index (χ4n) is 4.06. The van der Waals surface area contributed by atoms with E-state index >= 15 is 0 Å². The highest BCUT2D eigenvalue weighted by Crippen LogP contribution is 2.36. The van der Waals surface area contributed by atoms with Gasteiger partial charge in [-0.25, -0.2) is 4.68 Å². The second-order valence-corrected chi connectivity index (χ2v) is 9.15. The quantitative estimate of drug-likeness (QED) is 0.262. The number of aliphatic hydroxyl groups is 1. The zero-order valence-electron chi connectivity index (χ0n) is 21.8. The first-order valence-corrected chi connectivity index (χ1v) is 12.4. The van der Waals surface area contributed by atoms with E-state index in [9.17, 15) is 5.11 Å². The average Bonchev–Trinajstić information content (AvgIpc) is 3.52. The number of nitrogens with zero attached hydrogens (tertiary/aromatic N) is 3. The minimum Gasteiger partial charge on any atom is -0.493 e. The number of hydrogen-bond donors (Lipinski definition) is 1. The highest BCUT2D eigenvalue weighted by Gasteiger charge is 2.24. The summed E-state index contributed by atoms with van der Waals surface area (Å²) in [5.41, 5.74) is 2.61. The Morgan fingerprint density at radius 2 is 1.70 bits per heavy atom. The Balaban J connectivity index is 1.70. The molecule has 0 bridgehead atoms. The van der Waals surface area contributed by atoms with Crippen LogP contribution in [0.4, 0.5) is 0 Å². The molecule has 0 saturated heterocycles. The van der Waals surface area contributed by atoms with E-state index in [-0.39, 0.29) is 12.7 Å². The minimum atomic E-state index is -0.666. The Morgan fingerprint density at radius 1 is 0.973 bits per heavy atom. The van der Waals surface area contributed by atoms with Crippen molar-refractivity contribution in [3.8, 4) is 23.1 Å². The molecule has 8 heteroatoms. The van der Waals surface area contributed by atoms with Crippen molar-refractivity contribution in [3.63, 3.8) is 0 Å². The molecule has 8 nitrogen and oxygen atoms in total. The van der Waals surface area contributed by atoms with Crippen LogP contribution in [0.3, 0.4) is 0 Å². The van der Waals surface area contributed by atoms with Gasteiger partial charge in [0.15, 0.2) is 11.5 Å². The molecule has 2 heterocycles. The summed E-state index contributed by atoms with van der Waals surface area (Å²) in [6, 6.07) is 21.2. The van der Waals surface area contributed by atoms with Gasteiger partial charge in [-0.05, 0) is 57.2 Å². The van der Waals surface area contributed by atoms with Crippen molar-refractivity contribution in [2.24, 2.45) is 0 Å². The highest BCUT2D eigenvalue weighted by molar-refractivity contribution is 5.47. The van der Waals surface area contributed by atoms with Crippen LogP contribution in [0.5, 0.6) is 17.4 Å². The topological polar surface area (TPSA) is 82.1 Å². The van der Waals surface area contributed by atoms with Crippen molar-refractivity contribution in [1.82, 2.24) is 14.7 Å². The number of aliphatic hydroxyl groups excluding tert-OH is 1. The molecule has 4 rings (SSSR count). The lowest BCUT2D eigenvalue weighted by Gasteiger charge is -2.25. The minimum absolute atomic E-state index is 0.0420. The molecule has 0 amide bonds. The molecule has 0 unspecified atom stereocenters. The first kappa shape index (κ1) is 26.5. The molecule has 196 valence electrons. The average molecular weight is 506 g/mol. The first-order valence-electron chi connectivity index (χ1n) is 12.4. The predicted octanol–water partition coefficient (Wildman–Crippen LogP) is 5.36. The van der Waals surface area contributed by atoms with E-state index in [4.69, 9.17) is 23.7 Å². The summed E-state index contributed by atoms with van der Waals surface area (Å²) in [6.07, 6.45) is 1.03. The molecular weight excluding hydrogens is 470 g/mol. The maximum absolute atomic E-state index is 10.7. The van der Waals surface area contributed by atoms with E-state index in [1.807, 2.05) is 87.5 Å². The van der Waals surface area contributed by atoms with Crippen molar-refractivity contribution in [2.45, 2.75) is 46.1 Å². The molecule has 0 aliphatic rings. The lowest BCUT2D eigenvalue weighted by molar-refractivity contribution is -0.0114. The molecule has 0 aliphatic carbocycles. The smallest absolute Gasteiger partial charge is 0.227 e. The van der Waals surface area contributed by atoms with Gasteiger partial charge in [0.25, 0.3) is 0 Å². The predicted molar refractivity (Wildman–Crippen MR) is 141 cm³/mol. The third-order valence-electron chi connectivity index (χ3n) is 5.85. The van der Waals surface area contributed by atoms with Gasteiger partial charge in [-0.3, -0.25) is 4.90 Å². The van der Waals surface area contributed by atoms with Crippen LogP contribution in [0.1, 0.15) is 30.9 Å². The number of benzene rings is 2. The molecule has 1 atom stereocenters. The second-order valence-electron chi connectivity index (χ2n) is 9.15. The molecule has 1 N–H and O–H groups in total. The molecule has 0 spiro atoms. The Labute approximate surface area is 218 Å². The summed E-state index contributed by atoms with van der Waals surface area (Å²) >= 11 is 0. The summed E-state index contributed by atoms with van der Waals surface area (Å²) < 4.78 is 25.1. The zero-order chi connectivity index (χ0) is 26.2. The van der Waals surface area contributed by atoms with E-state index in [0.717, 1.165) is 22.7 Å². The van der Waals surface area contributed by atoms with E-state index < -0.39 is 6.10 Å². The molecule has 2 aromatic heterocycles. The van der Waals surface area contributed by atoms with Crippen molar-refractivity contribution in [2.75, 3.05) is 20.3 Å². The number of furan rings is 1. The van der Waals surface area contributed by atoms with Gasteiger partial charge < -0.3 is 23.7 Å². The number of methoxy groups -OCH3 is 1. The van der Waals surface area contributed by atoms with Gasteiger partial charge in [-0.1, -0.05) is 30.3 Å². The first-order chi connectivity index (χ1) is 17.9. The van der Waals surface area contributed by atoms with E-state index in [2.05, 4.69) is 4.90 Å². The van der Waals surface area contributed by atoms with Crippen molar-refractivity contribution in [3.05, 3.63) is 90.0 Å². The third-order valence-corrected chi connectivity index (χ3v) is 5.85. The van der Waals surface area contributed by atoms with Gasteiger partial charge in [0, 0.05) is 13.1 Å². The Kier molecular flexibility index (Phi) is 9.00. The third kappa shape index (κ3) is 7.01. The van der Waals surface area contributed by atoms with Crippen LogP contribution in [0.15, 0.2) is 77.4 Å². The van der Waals surface area contributed by atoms with Gasteiger partial charge >= 0.3 is 0 Å². The molecule has 0 fully saturated rings. The van der Waals surface area contributed by atoms with E-state index in [0.29, 0.717) is 37.0 Å². The fraction of sp³-hybridized carbons (Fsp3) is 0.345. The Morgan fingerprint density at radius 3 is 2.38 bits per heavy atom. The lowest BCUT2D eigenvalue weighted by atomic mass is 10.2. The molecule has 37 heavy (non-hydrogen) atoms. The van der Waals surface area contributed by atoms with Crippen molar-refractivity contribution in [1.29, 1.82) is 0 Å². The summed E-state index contributed by atoms with van der Waals surface area (Å²) in [5, 5.41) is 15.6. The largest absolute Gasteiger partial charge is 0.493 e.